The van der Waals surface area contributed by atoms with Crippen LogP contribution in [-0.4, -0.2) is 11.0 Å². The van der Waals surface area contributed by atoms with Gasteiger partial charge < -0.3 is 4.74 Å². The highest BCUT2D eigenvalue weighted by Gasteiger charge is 2.16. The first-order chi connectivity index (χ1) is 13.2. The molecule has 1 aromatic heterocycles. The Morgan fingerprint density at radius 3 is 2.41 bits per heavy atom. The van der Waals surface area contributed by atoms with E-state index in [9.17, 15) is 9.18 Å². The summed E-state index contributed by atoms with van der Waals surface area (Å²) in [6, 6.07) is 25.0. The van der Waals surface area contributed by atoms with Crippen molar-refractivity contribution in [1.29, 1.82) is 0 Å². The Morgan fingerprint density at radius 1 is 0.889 bits per heavy atom. The summed E-state index contributed by atoms with van der Waals surface area (Å²) in [5, 5.41) is 0.704. The molecule has 0 radical (unpaired) electrons. The van der Waals surface area contributed by atoms with E-state index in [4.69, 9.17) is 4.74 Å². The van der Waals surface area contributed by atoms with Crippen LogP contribution in [0.1, 0.15) is 15.9 Å². The van der Waals surface area contributed by atoms with Crippen LogP contribution < -0.4 is 0 Å². The minimum atomic E-state index is -0.506. The van der Waals surface area contributed by atoms with E-state index >= 15 is 0 Å². The van der Waals surface area contributed by atoms with Gasteiger partial charge in [-0.25, -0.2) is 14.2 Å². The standard InChI is InChI=1S/C23H16FNO2/c24-20-12-6-4-10-17(20)15-27-23(26)19-14-22(16-8-2-1-3-9-16)25-21-13-7-5-11-18(19)21/h1-14H,15H2. The van der Waals surface area contributed by atoms with Crippen LogP contribution in [0.4, 0.5) is 4.39 Å². The van der Waals surface area contributed by atoms with E-state index in [1.165, 1.54) is 6.07 Å². The highest BCUT2D eigenvalue weighted by molar-refractivity contribution is 6.04. The van der Waals surface area contributed by atoms with Crippen molar-refractivity contribution in [2.75, 3.05) is 0 Å². The molecule has 0 aliphatic rings. The normalized spacial score (nSPS) is 10.7. The topological polar surface area (TPSA) is 39.2 Å². The Labute approximate surface area is 156 Å². The lowest BCUT2D eigenvalue weighted by molar-refractivity contribution is 0.0471. The number of pyridine rings is 1. The number of rotatable bonds is 4. The lowest BCUT2D eigenvalue weighted by Gasteiger charge is -2.10. The molecule has 132 valence electrons. The van der Waals surface area contributed by atoms with Crippen LogP contribution in [0.5, 0.6) is 0 Å². The van der Waals surface area contributed by atoms with Gasteiger partial charge in [0.05, 0.1) is 16.8 Å². The molecule has 0 saturated carbocycles. The number of ether oxygens (including phenoxy) is 1. The number of hydrogen-bond acceptors (Lipinski definition) is 3. The second-order valence-corrected chi connectivity index (χ2v) is 6.11. The minimum Gasteiger partial charge on any atom is -0.457 e. The van der Waals surface area contributed by atoms with Crippen LogP contribution >= 0.6 is 0 Å². The summed E-state index contributed by atoms with van der Waals surface area (Å²) in [6.45, 7) is -0.122. The number of benzene rings is 3. The second-order valence-electron chi connectivity index (χ2n) is 6.11. The number of carbonyl (C=O) groups is 1. The molecule has 0 N–H and O–H groups in total. The van der Waals surface area contributed by atoms with E-state index in [1.807, 2.05) is 54.6 Å². The molecule has 3 nitrogen and oxygen atoms in total. The number of hydrogen-bond donors (Lipinski definition) is 0. The monoisotopic (exact) mass is 357 g/mol. The lowest BCUT2D eigenvalue weighted by atomic mass is 10.0. The van der Waals surface area contributed by atoms with Crippen molar-refractivity contribution in [1.82, 2.24) is 4.98 Å². The van der Waals surface area contributed by atoms with Crippen LogP contribution in [0.2, 0.25) is 0 Å². The lowest BCUT2D eigenvalue weighted by Crippen LogP contribution is -2.08. The molecule has 0 saturated heterocycles. The molecule has 0 spiro atoms. The molecule has 0 fully saturated rings. The van der Waals surface area contributed by atoms with Gasteiger partial charge in [-0.3, -0.25) is 0 Å². The molecule has 0 bridgehead atoms. The van der Waals surface area contributed by atoms with Crippen molar-refractivity contribution in [2.45, 2.75) is 6.61 Å². The van der Waals surface area contributed by atoms with Crippen molar-refractivity contribution in [3.8, 4) is 11.3 Å². The highest BCUT2D eigenvalue weighted by Crippen LogP contribution is 2.25. The van der Waals surface area contributed by atoms with Crippen LogP contribution in [0.3, 0.4) is 0 Å². The molecule has 0 unspecified atom stereocenters. The Kier molecular flexibility index (Phi) is 4.62. The second kappa shape index (κ2) is 7.38. The van der Waals surface area contributed by atoms with Gasteiger partial charge in [0.25, 0.3) is 0 Å². The molecule has 3 aromatic carbocycles. The minimum absolute atomic E-state index is 0.122. The summed E-state index contributed by atoms with van der Waals surface area (Å²) in [4.78, 5) is 17.4. The van der Waals surface area contributed by atoms with E-state index in [0.717, 1.165) is 5.56 Å². The highest BCUT2D eigenvalue weighted by atomic mass is 19.1. The molecule has 0 atom stereocenters. The quantitative estimate of drug-likeness (QED) is 0.459. The molecule has 1 heterocycles. The van der Waals surface area contributed by atoms with Gasteiger partial charge in [0.2, 0.25) is 0 Å². The smallest absolute Gasteiger partial charge is 0.339 e. The summed E-state index contributed by atoms with van der Waals surface area (Å²) in [5.74, 6) is -0.899. The summed E-state index contributed by atoms with van der Waals surface area (Å²) >= 11 is 0. The van der Waals surface area contributed by atoms with Gasteiger partial charge >= 0.3 is 5.97 Å². The molecule has 0 aliphatic heterocycles. The average molecular weight is 357 g/mol. The third kappa shape index (κ3) is 3.55. The fourth-order valence-electron chi connectivity index (χ4n) is 2.94. The number of halogens is 1. The number of esters is 1. The molecule has 0 amide bonds. The van der Waals surface area contributed by atoms with Crippen molar-refractivity contribution >= 4 is 16.9 Å². The summed E-state index contributed by atoms with van der Waals surface area (Å²) < 4.78 is 19.2. The van der Waals surface area contributed by atoms with Gasteiger partial charge in [-0.2, -0.15) is 0 Å². The van der Waals surface area contributed by atoms with Crippen LogP contribution in [0, 0.1) is 5.82 Å². The maximum Gasteiger partial charge on any atom is 0.339 e. The summed E-state index contributed by atoms with van der Waals surface area (Å²) in [7, 11) is 0. The third-order valence-corrected chi connectivity index (χ3v) is 4.32. The molecular weight excluding hydrogens is 341 g/mol. The van der Waals surface area contributed by atoms with E-state index in [2.05, 4.69) is 4.98 Å². The zero-order valence-electron chi connectivity index (χ0n) is 14.4. The molecule has 27 heavy (non-hydrogen) atoms. The SMILES string of the molecule is O=C(OCc1ccccc1F)c1cc(-c2ccccc2)nc2ccccc12. The van der Waals surface area contributed by atoms with Gasteiger partial charge in [-0.1, -0.05) is 66.7 Å². The summed E-state index contributed by atoms with van der Waals surface area (Å²) in [6.07, 6.45) is 0. The Morgan fingerprint density at radius 2 is 1.59 bits per heavy atom. The number of aromatic nitrogens is 1. The first kappa shape index (κ1) is 16.9. The van der Waals surface area contributed by atoms with Gasteiger partial charge in [-0.05, 0) is 18.2 Å². The van der Waals surface area contributed by atoms with Crippen molar-refractivity contribution in [2.24, 2.45) is 0 Å². The third-order valence-electron chi connectivity index (χ3n) is 4.32. The van der Waals surface area contributed by atoms with Crippen molar-refractivity contribution < 1.29 is 13.9 Å². The van der Waals surface area contributed by atoms with Crippen LogP contribution in [-0.2, 0) is 11.3 Å². The van der Waals surface area contributed by atoms with Gasteiger partial charge in [-0.15, -0.1) is 0 Å². The van der Waals surface area contributed by atoms with Gasteiger partial charge in [0.1, 0.15) is 12.4 Å². The molecular formula is C23H16FNO2. The average Bonchev–Trinajstić information content (AvgIpc) is 2.73. The maximum atomic E-state index is 13.8. The van der Waals surface area contributed by atoms with E-state index in [0.29, 0.717) is 27.7 Å². The zero-order valence-corrected chi connectivity index (χ0v) is 14.4. The summed E-state index contributed by atoms with van der Waals surface area (Å²) in [5.41, 5.74) is 3.05. The van der Waals surface area contributed by atoms with Crippen molar-refractivity contribution in [3.05, 3.63) is 102 Å². The van der Waals surface area contributed by atoms with E-state index in [1.54, 1.807) is 24.3 Å². The number of nitrogens with zero attached hydrogens (tertiary/aromatic N) is 1. The number of carbonyl (C=O) groups excluding carboxylic acids is 1. The first-order valence-electron chi connectivity index (χ1n) is 8.58. The van der Waals surface area contributed by atoms with E-state index < -0.39 is 11.8 Å². The molecule has 4 aromatic rings. The first-order valence-corrected chi connectivity index (χ1v) is 8.58. The molecule has 4 rings (SSSR count). The zero-order chi connectivity index (χ0) is 18.6. The Balaban J connectivity index is 1.71. The number of fused-ring (bicyclic) bond motifs is 1. The van der Waals surface area contributed by atoms with Crippen molar-refractivity contribution in [3.63, 3.8) is 0 Å². The van der Waals surface area contributed by atoms with Gasteiger partial charge in [0, 0.05) is 16.5 Å². The predicted molar refractivity (Wildman–Crippen MR) is 103 cm³/mol. The Hall–Kier alpha value is -3.53. The van der Waals surface area contributed by atoms with E-state index in [-0.39, 0.29) is 6.61 Å². The van der Waals surface area contributed by atoms with Crippen LogP contribution in [0.25, 0.3) is 22.2 Å². The molecule has 0 aliphatic carbocycles. The predicted octanol–water partition coefficient (Wildman–Crippen LogP) is 5.40. The maximum absolute atomic E-state index is 13.8. The number of para-hydroxylation sites is 1. The fraction of sp³-hybridized carbons (Fsp3) is 0.0435. The largest absolute Gasteiger partial charge is 0.457 e. The van der Waals surface area contributed by atoms with Gasteiger partial charge in [0.15, 0.2) is 0 Å². The molecule has 4 heteroatoms. The fourth-order valence-corrected chi connectivity index (χ4v) is 2.94. The van der Waals surface area contributed by atoms with Crippen LogP contribution in [0.15, 0.2) is 84.9 Å². The Bertz CT molecular complexity index is 1110.